The maximum absolute atomic E-state index is 12.1. The molecule has 0 bridgehead atoms. The molecular formula is C18H30N2O. The van der Waals surface area contributed by atoms with Crippen LogP contribution in [-0.4, -0.2) is 49.4 Å². The van der Waals surface area contributed by atoms with Gasteiger partial charge in [-0.2, -0.15) is 0 Å². The van der Waals surface area contributed by atoms with Crippen molar-refractivity contribution in [3.8, 4) is 0 Å². The Morgan fingerprint density at radius 2 is 1.81 bits per heavy atom. The van der Waals surface area contributed by atoms with Crippen molar-refractivity contribution in [3.05, 3.63) is 36.0 Å². The highest BCUT2D eigenvalue weighted by molar-refractivity contribution is 5.76. The highest BCUT2D eigenvalue weighted by Crippen LogP contribution is 2.29. The zero-order chi connectivity index (χ0) is 16.0. The lowest BCUT2D eigenvalue weighted by Gasteiger charge is -2.34. The van der Waals surface area contributed by atoms with Gasteiger partial charge >= 0.3 is 0 Å². The molecule has 118 valence electrons. The highest BCUT2D eigenvalue weighted by atomic mass is 16.2. The van der Waals surface area contributed by atoms with E-state index in [2.05, 4.69) is 31.1 Å². The van der Waals surface area contributed by atoms with Gasteiger partial charge in [-0.15, -0.1) is 0 Å². The fraction of sp³-hybridized carbons (Fsp3) is 0.611. The summed E-state index contributed by atoms with van der Waals surface area (Å²) in [5.41, 5.74) is 3.50. The molecule has 0 atom stereocenters. The lowest BCUT2D eigenvalue weighted by molar-refractivity contribution is -0.132. The molecule has 0 aromatic rings. The molecule has 1 rings (SSSR count). The van der Waals surface area contributed by atoms with E-state index in [0.717, 1.165) is 43.6 Å². The number of rotatable bonds is 6. The van der Waals surface area contributed by atoms with Crippen LogP contribution in [0.1, 0.15) is 33.1 Å². The highest BCUT2D eigenvalue weighted by Gasteiger charge is 2.25. The van der Waals surface area contributed by atoms with Crippen molar-refractivity contribution >= 4 is 5.91 Å². The molecule has 1 heterocycles. The molecule has 0 aromatic carbocycles. The number of hydrogen-bond donors (Lipinski definition) is 0. The molecule has 0 radical (unpaired) electrons. The average molecular weight is 290 g/mol. The molecule has 1 aliphatic rings. The molecule has 0 aromatic heterocycles. The smallest absolute Gasteiger partial charge is 0.223 e. The number of likely N-dealkylation sites (tertiary alicyclic amines) is 1. The van der Waals surface area contributed by atoms with E-state index in [1.807, 2.05) is 25.9 Å². The minimum absolute atomic E-state index is 0.280. The second-order valence-electron chi connectivity index (χ2n) is 6.43. The Morgan fingerprint density at radius 1 is 1.24 bits per heavy atom. The first-order chi connectivity index (χ1) is 9.81. The van der Waals surface area contributed by atoms with Crippen molar-refractivity contribution in [3.63, 3.8) is 0 Å². The molecule has 1 aliphatic heterocycles. The van der Waals surface area contributed by atoms with Gasteiger partial charge in [0.05, 0.1) is 0 Å². The van der Waals surface area contributed by atoms with Crippen LogP contribution in [-0.2, 0) is 4.79 Å². The lowest BCUT2D eigenvalue weighted by atomic mass is 9.85. The molecule has 3 nitrogen and oxygen atoms in total. The van der Waals surface area contributed by atoms with E-state index >= 15 is 0 Å². The predicted molar refractivity (Wildman–Crippen MR) is 90.2 cm³/mol. The minimum Gasteiger partial charge on any atom is -0.343 e. The normalized spacial score (nSPS) is 17.2. The molecule has 0 unspecified atom stereocenters. The Morgan fingerprint density at radius 3 is 2.24 bits per heavy atom. The molecule has 0 spiro atoms. The summed E-state index contributed by atoms with van der Waals surface area (Å²) < 4.78 is 0. The van der Waals surface area contributed by atoms with Crippen LogP contribution in [0.2, 0.25) is 0 Å². The first-order valence-electron chi connectivity index (χ1n) is 7.76. The van der Waals surface area contributed by atoms with Gasteiger partial charge in [0.2, 0.25) is 5.91 Å². The molecule has 21 heavy (non-hydrogen) atoms. The van der Waals surface area contributed by atoms with Crippen molar-refractivity contribution in [1.82, 2.24) is 9.80 Å². The number of carbonyl (C=O) groups excluding carboxylic acids is 1. The van der Waals surface area contributed by atoms with Gasteiger partial charge in [-0.25, -0.2) is 0 Å². The van der Waals surface area contributed by atoms with Crippen LogP contribution in [0, 0.1) is 5.92 Å². The second-order valence-corrected chi connectivity index (χ2v) is 6.43. The maximum atomic E-state index is 12.1. The van der Waals surface area contributed by atoms with Gasteiger partial charge in [0.25, 0.3) is 0 Å². The zero-order valence-corrected chi connectivity index (χ0v) is 14.1. The van der Waals surface area contributed by atoms with E-state index in [0.29, 0.717) is 12.3 Å². The summed E-state index contributed by atoms with van der Waals surface area (Å²) in [4.78, 5) is 16.2. The van der Waals surface area contributed by atoms with Crippen molar-refractivity contribution in [1.29, 1.82) is 0 Å². The van der Waals surface area contributed by atoms with E-state index < -0.39 is 0 Å². The number of allylic oxidation sites excluding steroid dienone is 4. The summed E-state index contributed by atoms with van der Waals surface area (Å²) in [6.45, 7) is 14.7. The number of piperidine rings is 1. The lowest BCUT2D eigenvalue weighted by Crippen LogP contribution is -2.39. The van der Waals surface area contributed by atoms with Gasteiger partial charge in [0.15, 0.2) is 0 Å². The second kappa shape index (κ2) is 8.18. The molecule has 3 heteroatoms. The molecule has 0 saturated carbocycles. The zero-order valence-electron chi connectivity index (χ0n) is 14.1. The number of nitrogens with zero attached hydrogens (tertiary/aromatic N) is 2. The molecule has 0 N–H and O–H groups in total. The summed E-state index contributed by atoms with van der Waals surface area (Å²) in [7, 11) is 4.00. The van der Waals surface area contributed by atoms with Crippen molar-refractivity contribution < 1.29 is 4.79 Å². The number of carbonyl (C=O) groups is 1. The van der Waals surface area contributed by atoms with Crippen LogP contribution in [0.3, 0.4) is 0 Å². The van der Waals surface area contributed by atoms with Crippen molar-refractivity contribution in [2.75, 3.05) is 33.7 Å². The molecule has 1 saturated heterocycles. The summed E-state index contributed by atoms with van der Waals surface area (Å²) in [6.07, 6.45) is 4.82. The third-order valence-electron chi connectivity index (χ3n) is 3.96. The van der Waals surface area contributed by atoms with Crippen LogP contribution in [0.5, 0.6) is 0 Å². The van der Waals surface area contributed by atoms with Gasteiger partial charge in [-0.3, -0.25) is 4.79 Å². The molecule has 0 aliphatic carbocycles. The van der Waals surface area contributed by atoms with Gasteiger partial charge in [0, 0.05) is 26.1 Å². The van der Waals surface area contributed by atoms with Crippen molar-refractivity contribution in [2.45, 2.75) is 33.1 Å². The summed E-state index contributed by atoms with van der Waals surface area (Å²) in [5.74, 6) is 0.792. The third kappa shape index (κ3) is 5.88. The molecule has 1 amide bonds. The Hall–Kier alpha value is -1.35. The van der Waals surface area contributed by atoms with Gasteiger partial charge < -0.3 is 9.80 Å². The van der Waals surface area contributed by atoms with E-state index in [4.69, 9.17) is 0 Å². The first-order valence-corrected chi connectivity index (χ1v) is 7.76. The Balaban J connectivity index is 2.56. The van der Waals surface area contributed by atoms with E-state index in [1.54, 1.807) is 0 Å². The number of hydrogen-bond acceptors (Lipinski definition) is 2. The van der Waals surface area contributed by atoms with Crippen molar-refractivity contribution in [2.24, 2.45) is 5.92 Å². The minimum atomic E-state index is 0.280. The van der Waals surface area contributed by atoms with E-state index in [-0.39, 0.29) is 5.91 Å². The van der Waals surface area contributed by atoms with Gasteiger partial charge in [-0.05, 0) is 52.3 Å². The van der Waals surface area contributed by atoms with Crippen LogP contribution >= 0.6 is 0 Å². The van der Waals surface area contributed by atoms with Gasteiger partial charge in [-0.1, -0.05) is 30.4 Å². The third-order valence-corrected chi connectivity index (χ3v) is 3.96. The van der Waals surface area contributed by atoms with Crippen LogP contribution in [0.15, 0.2) is 36.0 Å². The fourth-order valence-electron chi connectivity index (χ4n) is 2.77. The van der Waals surface area contributed by atoms with Crippen LogP contribution in [0.4, 0.5) is 0 Å². The standard InChI is InChI=1S/C18H30N2O/c1-14(2)13-17(15(3)4)16-7-11-20(12-8-16)18(21)9-10-19(5)6/h13,16H,1,3,7-12H2,2,4-6H3. The fourth-order valence-corrected chi connectivity index (χ4v) is 2.77. The predicted octanol–water partition coefficient (Wildman–Crippen LogP) is 3.26. The van der Waals surface area contributed by atoms with E-state index in [1.165, 1.54) is 5.57 Å². The Bertz CT molecular complexity index is 426. The summed E-state index contributed by atoms with van der Waals surface area (Å²) >= 11 is 0. The van der Waals surface area contributed by atoms with Gasteiger partial charge in [0.1, 0.15) is 0 Å². The molecule has 1 fully saturated rings. The monoisotopic (exact) mass is 290 g/mol. The maximum Gasteiger partial charge on any atom is 0.223 e. The average Bonchev–Trinajstić information content (AvgIpc) is 2.42. The Kier molecular flexibility index (Phi) is 6.90. The summed E-state index contributed by atoms with van der Waals surface area (Å²) in [6, 6.07) is 0. The van der Waals surface area contributed by atoms with E-state index in [9.17, 15) is 4.79 Å². The quantitative estimate of drug-likeness (QED) is 0.701. The topological polar surface area (TPSA) is 23.6 Å². The summed E-state index contributed by atoms with van der Waals surface area (Å²) in [5, 5.41) is 0. The van der Waals surface area contributed by atoms with Crippen LogP contribution in [0.25, 0.3) is 0 Å². The SMILES string of the molecule is C=C(C)C=C(C(=C)C)C1CCN(C(=O)CCN(C)C)CC1. The largest absolute Gasteiger partial charge is 0.343 e. The van der Waals surface area contributed by atoms with Crippen LogP contribution < -0.4 is 0 Å². The Labute approximate surface area is 130 Å². The number of amides is 1. The molecular weight excluding hydrogens is 260 g/mol. The first kappa shape index (κ1) is 17.7.